The number of likely N-dealkylation sites (tertiary alicyclic amines) is 1. The summed E-state index contributed by atoms with van der Waals surface area (Å²) in [5, 5.41) is 10.0. The Morgan fingerprint density at radius 3 is 2.67 bits per heavy atom. The van der Waals surface area contributed by atoms with Gasteiger partial charge in [0.05, 0.1) is 11.7 Å². The summed E-state index contributed by atoms with van der Waals surface area (Å²) in [6.07, 6.45) is 1.10. The second-order valence-electron chi connectivity index (χ2n) is 6.62. The van der Waals surface area contributed by atoms with Crippen molar-refractivity contribution in [3.8, 4) is 0 Å². The fraction of sp³-hybridized carbons (Fsp3) is 0.533. The van der Waals surface area contributed by atoms with E-state index in [1.807, 2.05) is 4.90 Å². The first-order valence-electron chi connectivity index (χ1n) is 7.46. The summed E-state index contributed by atoms with van der Waals surface area (Å²) in [5.41, 5.74) is -0.381. The number of carboxylic acid groups (broad SMARTS) is 1. The van der Waals surface area contributed by atoms with Gasteiger partial charge in [0.2, 0.25) is 10.0 Å². The topological polar surface area (TPSA) is 77.9 Å². The Hall–Kier alpha value is -1.22. The van der Waals surface area contributed by atoms with Crippen LogP contribution in [0.15, 0.2) is 18.2 Å². The molecule has 2 aliphatic heterocycles. The van der Waals surface area contributed by atoms with Crippen LogP contribution in [-0.2, 0) is 21.4 Å². The number of nitrogens with zero attached hydrogens (tertiary/aromatic N) is 2. The SMILES string of the molecule is CS(=O)(=O)N1C[C@H]2CN(Cc3ccc(F)cc3Cl)C[C@@]2(C(=O)O)C1. The van der Waals surface area contributed by atoms with Crippen LogP contribution in [0, 0.1) is 17.2 Å². The zero-order valence-electron chi connectivity index (χ0n) is 13.1. The van der Waals surface area contributed by atoms with Crippen molar-refractivity contribution in [3.63, 3.8) is 0 Å². The number of halogens is 2. The van der Waals surface area contributed by atoms with Crippen molar-refractivity contribution >= 4 is 27.6 Å². The minimum atomic E-state index is -3.42. The molecule has 1 aromatic rings. The molecular weight excluding hydrogens is 359 g/mol. The molecule has 2 saturated heterocycles. The lowest BCUT2D eigenvalue weighted by atomic mass is 9.81. The van der Waals surface area contributed by atoms with Crippen molar-refractivity contribution in [1.82, 2.24) is 9.21 Å². The minimum absolute atomic E-state index is 0.0144. The number of aliphatic carboxylic acids is 1. The molecule has 2 fully saturated rings. The van der Waals surface area contributed by atoms with E-state index < -0.39 is 27.2 Å². The van der Waals surface area contributed by atoms with Gasteiger partial charge >= 0.3 is 5.97 Å². The van der Waals surface area contributed by atoms with Crippen molar-refractivity contribution in [3.05, 3.63) is 34.6 Å². The third kappa shape index (κ3) is 3.03. The molecule has 1 aromatic carbocycles. The first-order chi connectivity index (χ1) is 11.1. The molecule has 0 aromatic heterocycles. The molecule has 0 amide bonds. The van der Waals surface area contributed by atoms with Gasteiger partial charge in [-0.15, -0.1) is 0 Å². The molecule has 0 radical (unpaired) electrons. The Labute approximate surface area is 144 Å². The molecule has 2 aliphatic rings. The van der Waals surface area contributed by atoms with Gasteiger partial charge in [-0.2, -0.15) is 0 Å². The summed E-state index contributed by atoms with van der Waals surface area (Å²) in [6.45, 7) is 1.31. The summed E-state index contributed by atoms with van der Waals surface area (Å²) in [5.74, 6) is -1.68. The molecule has 24 heavy (non-hydrogen) atoms. The second kappa shape index (κ2) is 5.94. The number of sulfonamides is 1. The van der Waals surface area contributed by atoms with Crippen molar-refractivity contribution in [2.24, 2.45) is 11.3 Å². The van der Waals surface area contributed by atoms with Crippen LogP contribution in [0.4, 0.5) is 4.39 Å². The molecule has 0 bridgehead atoms. The molecule has 0 aliphatic carbocycles. The number of rotatable bonds is 4. The summed E-state index contributed by atoms with van der Waals surface area (Å²) in [6, 6.07) is 4.13. The van der Waals surface area contributed by atoms with Gasteiger partial charge in [0.25, 0.3) is 0 Å². The maximum absolute atomic E-state index is 13.1. The predicted octanol–water partition coefficient (Wildman–Crippen LogP) is 1.26. The van der Waals surface area contributed by atoms with Gasteiger partial charge < -0.3 is 5.11 Å². The van der Waals surface area contributed by atoms with E-state index in [9.17, 15) is 22.7 Å². The number of benzene rings is 1. The Kier molecular flexibility index (Phi) is 4.36. The van der Waals surface area contributed by atoms with Gasteiger partial charge in [-0.25, -0.2) is 17.1 Å². The van der Waals surface area contributed by atoms with Crippen LogP contribution in [0.2, 0.25) is 5.02 Å². The van der Waals surface area contributed by atoms with Crippen molar-refractivity contribution < 1.29 is 22.7 Å². The monoisotopic (exact) mass is 376 g/mol. The van der Waals surface area contributed by atoms with Crippen LogP contribution in [0.1, 0.15) is 5.56 Å². The predicted molar refractivity (Wildman–Crippen MR) is 86.7 cm³/mol. The lowest BCUT2D eigenvalue weighted by molar-refractivity contribution is -0.148. The maximum Gasteiger partial charge on any atom is 0.312 e. The third-order valence-corrected chi connectivity index (χ3v) is 6.52. The van der Waals surface area contributed by atoms with Crippen LogP contribution < -0.4 is 0 Å². The van der Waals surface area contributed by atoms with Crippen molar-refractivity contribution in [2.45, 2.75) is 6.54 Å². The zero-order chi connectivity index (χ0) is 17.7. The highest BCUT2D eigenvalue weighted by molar-refractivity contribution is 7.88. The molecule has 2 heterocycles. The van der Waals surface area contributed by atoms with Gasteiger partial charge in [0.1, 0.15) is 5.82 Å². The molecule has 0 spiro atoms. The number of hydrogen-bond acceptors (Lipinski definition) is 4. The highest BCUT2D eigenvalue weighted by Crippen LogP contribution is 2.44. The standard InChI is InChI=1S/C15H18ClFN2O4S/c1-24(22,23)19-7-11-6-18(8-15(11,9-19)14(20)21)5-10-2-3-12(17)4-13(10)16/h2-4,11H,5-9H2,1H3,(H,20,21)/t11-,15-/m1/s1. The number of fused-ring (bicyclic) bond motifs is 1. The van der Waals surface area contributed by atoms with Crippen molar-refractivity contribution in [2.75, 3.05) is 32.4 Å². The highest BCUT2D eigenvalue weighted by atomic mass is 35.5. The average molecular weight is 377 g/mol. The van der Waals surface area contributed by atoms with Gasteiger partial charge in [-0.1, -0.05) is 17.7 Å². The lowest BCUT2D eigenvalue weighted by Gasteiger charge is -2.25. The van der Waals surface area contributed by atoms with Gasteiger partial charge in [-0.3, -0.25) is 9.69 Å². The number of hydrogen-bond donors (Lipinski definition) is 1. The Balaban J connectivity index is 1.79. The molecular formula is C15H18ClFN2O4S. The maximum atomic E-state index is 13.1. The summed E-state index contributed by atoms with van der Waals surface area (Å²) < 4.78 is 37.9. The minimum Gasteiger partial charge on any atom is -0.481 e. The quantitative estimate of drug-likeness (QED) is 0.855. The fourth-order valence-electron chi connectivity index (χ4n) is 3.69. The number of carbonyl (C=O) groups is 1. The molecule has 132 valence electrons. The van der Waals surface area contributed by atoms with Gasteiger partial charge in [0, 0.05) is 43.7 Å². The van der Waals surface area contributed by atoms with Crippen LogP contribution >= 0.6 is 11.6 Å². The molecule has 3 rings (SSSR count). The average Bonchev–Trinajstić information content (AvgIpc) is 2.96. The smallest absolute Gasteiger partial charge is 0.312 e. The molecule has 2 atom stereocenters. The fourth-order valence-corrected chi connectivity index (χ4v) is 4.83. The zero-order valence-corrected chi connectivity index (χ0v) is 14.6. The Morgan fingerprint density at radius 2 is 2.12 bits per heavy atom. The molecule has 0 unspecified atom stereocenters. The molecule has 1 N–H and O–H groups in total. The van der Waals surface area contributed by atoms with Crippen LogP contribution in [0.25, 0.3) is 0 Å². The number of carboxylic acids is 1. The lowest BCUT2D eigenvalue weighted by Crippen LogP contribution is -2.41. The van der Waals surface area contributed by atoms with E-state index in [4.69, 9.17) is 11.6 Å². The second-order valence-corrected chi connectivity index (χ2v) is 9.01. The van der Waals surface area contributed by atoms with E-state index in [-0.39, 0.29) is 25.6 Å². The summed E-state index contributed by atoms with van der Waals surface area (Å²) >= 11 is 6.04. The van der Waals surface area contributed by atoms with Crippen molar-refractivity contribution in [1.29, 1.82) is 0 Å². The first-order valence-corrected chi connectivity index (χ1v) is 9.69. The summed E-state index contributed by atoms with van der Waals surface area (Å²) in [4.78, 5) is 13.8. The Bertz CT molecular complexity index is 788. The molecule has 9 heteroatoms. The third-order valence-electron chi connectivity index (χ3n) is 4.95. The van der Waals surface area contributed by atoms with E-state index in [1.54, 1.807) is 6.07 Å². The van der Waals surface area contributed by atoms with Gasteiger partial charge in [0.15, 0.2) is 0 Å². The normalized spacial score (nSPS) is 28.2. The highest BCUT2D eigenvalue weighted by Gasteiger charge is 2.59. The summed E-state index contributed by atoms with van der Waals surface area (Å²) in [7, 11) is -3.42. The van der Waals surface area contributed by atoms with Crippen LogP contribution in [0.5, 0.6) is 0 Å². The van der Waals surface area contributed by atoms with E-state index in [2.05, 4.69) is 0 Å². The Morgan fingerprint density at radius 1 is 1.42 bits per heavy atom. The van der Waals surface area contributed by atoms with Crippen LogP contribution in [0.3, 0.4) is 0 Å². The van der Waals surface area contributed by atoms with E-state index in [0.717, 1.165) is 11.8 Å². The van der Waals surface area contributed by atoms with Gasteiger partial charge in [-0.05, 0) is 17.7 Å². The van der Waals surface area contributed by atoms with E-state index in [1.165, 1.54) is 16.4 Å². The largest absolute Gasteiger partial charge is 0.481 e. The van der Waals surface area contributed by atoms with E-state index in [0.29, 0.717) is 18.1 Å². The molecule has 6 nitrogen and oxygen atoms in total. The van der Waals surface area contributed by atoms with E-state index >= 15 is 0 Å². The first kappa shape index (κ1) is 17.6. The molecule has 0 saturated carbocycles. The van der Waals surface area contributed by atoms with Crippen LogP contribution in [-0.4, -0.2) is 61.1 Å².